The van der Waals surface area contributed by atoms with Gasteiger partial charge in [-0.25, -0.2) is 4.98 Å². The third-order valence-electron chi connectivity index (χ3n) is 2.16. The van der Waals surface area contributed by atoms with Gasteiger partial charge in [-0.05, 0) is 22.0 Å². The van der Waals surface area contributed by atoms with Crippen LogP contribution in [0.1, 0.15) is 10.4 Å². The van der Waals surface area contributed by atoms with Crippen molar-refractivity contribution >= 4 is 33.3 Å². The number of H-pyrrole nitrogens is 1. The fraction of sp³-hybridized carbons (Fsp3) is 0. The summed E-state index contributed by atoms with van der Waals surface area (Å²) >= 11 is 3.22. The van der Waals surface area contributed by atoms with Gasteiger partial charge in [0.15, 0.2) is 5.43 Å². The maximum atomic E-state index is 11.8. The van der Waals surface area contributed by atoms with Crippen LogP contribution in [0.3, 0.4) is 0 Å². The van der Waals surface area contributed by atoms with E-state index in [1.165, 1.54) is 24.7 Å². The van der Waals surface area contributed by atoms with Gasteiger partial charge in [0.2, 0.25) is 0 Å². The predicted octanol–water partition coefficient (Wildman–Crippen LogP) is 1.37. The Hall–Kier alpha value is -2.15. The molecule has 0 aliphatic heterocycles. The Kier molecular flexibility index (Phi) is 3.42. The minimum atomic E-state index is -0.533. The molecule has 18 heavy (non-hydrogen) atoms. The van der Waals surface area contributed by atoms with E-state index in [4.69, 9.17) is 5.73 Å². The van der Waals surface area contributed by atoms with E-state index in [1.54, 1.807) is 6.07 Å². The molecule has 0 fully saturated rings. The van der Waals surface area contributed by atoms with E-state index >= 15 is 0 Å². The Morgan fingerprint density at radius 1 is 1.50 bits per heavy atom. The number of carbonyl (C=O) groups is 1. The number of anilines is 2. The molecule has 7 heteroatoms. The third-order valence-corrected chi connectivity index (χ3v) is 2.77. The summed E-state index contributed by atoms with van der Waals surface area (Å²) in [5, 5.41) is 2.52. The van der Waals surface area contributed by atoms with Gasteiger partial charge in [0.25, 0.3) is 5.91 Å². The minimum absolute atomic E-state index is 0.0167. The SMILES string of the molecule is Nc1cnc(NC(=O)c2c[nH]ccc2=O)c(Br)c1. The molecule has 0 unspecified atom stereocenters. The number of aromatic nitrogens is 2. The fourth-order valence-corrected chi connectivity index (χ4v) is 1.78. The summed E-state index contributed by atoms with van der Waals surface area (Å²) in [5.74, 6) is -0.229. The van der Waals surface area contributed by atoms with Crippen molar-refractivity contribution in [3.63, 3.8) is 0 Å². The normalized spacial score (nSPS) is 10.1. The van der Waals surface area contributed by atoms with Crippen LogP contribution in [0, 0.1) is 0 Å². The molecule has 0 saturated heterocycles. The maximum absolute atomic E-state index is 11.8. The molecular weight excluding hydrogens is 300 g/mol. The smallest absolute Gasteiger partial charge is 0.262 e. The summed E-state index contributed by atoms with van der Waals surface area (Å²) in [5.41, 5.74) is 5.66. The molecule has 0 atom stereocenters. The standard InChI is InChI=1S/C11H9BrN4O2/c12-8-3-6(13)4-15-10(8)16-11(18)7-5-14-2-1-9(7)17/h1-5H,13H2,(H,14,17)(H,15,16,18). The lowest BCUT2D eigenvalue weighted by atomic mass is 10.2. The number of amides is 1. The molecule has 0 bridgehead atoms. The second-order valence-corrected chi connectivity index (χ2v) is 4.33. The molecule has 0 aliphatic rings. The second-order valence-electron chi connectivity index (χ2n) is 3.48. The quantitative estimate of drug-likeness (QED) is 0.780. The van der Waals surface area contributed by atoms with Crippen LogP contribution in [0.15, 0.2) is 40.0 Å². The number of nitrogen functional groups attached to an aromatic ring is 1. The van der Waals surface area contributed by atoms with Crippen molar-refractivity contribution in [1.82, 2.24) is 9.97 Å². The van der Waals surface area contributed by atoms with Crippen molar-refractivity contribution in [2.45, 2.75) is 0 Å². The molecule has 2 aromatic rings. The number of rotatable bonds is 2. The average Bonchev–Trinajstić information content (AvgIpc) is 2.33. The summed E-state index contributed by atoms with van der Waals surface area (Å²) in [6.45, 7) is 0. The molecule has 2 rings (SSSR count). The lowest BCUT2D eigenvalue weighted by Crippen LogP contribution is -2.21. The number of nitrogens with zero attached hydrogens (tertiary/aromatic N) is 1. The molecule has 0 radical (unpaired) electrons. The van der Waals surface area contributed by atoms with E-state index in [0.29, 0.717) is 16.0 Å². The van der Waals surface area contributed by atoms with Crippen molar-refractivity contribution < 1.29 is 4.79 Å². The lowest BCUT2D eigenvalue weighted by molar-refractivity contribution is 0.102. The zero-order chi connectivity index (χ0) is 13.1. The van der Waals surface area contributed by atoms with Gasteiger partial charge >= 0.3 is 0 Å². The van der Waals surface area contributed by atoms with Gasteiger partial charge in [0, 0.05) is 18.5 Å². The number of pyridine rings is 2. The molecule has 6 nitrogen and oxygen atoms in total. The van der Waals surface area contributed by atoms with Crippen LogP contribution in [-0.4, -0.2) is 15.9 Å². The first kappa shape index (κ1) is 12.3. The van der Waals surface area contributed by atoms with Crippen LogP contribution < -0.4 is 16.5 Å². The van der Waals surface area contributed by atoms with E-state index in [2.05, 4.69) is 31.2 Å². The molecular formula is C11H9BrN4O2. The number of aromatic amines is 1. The van der Waals surface area contributed by atoms with Crippen molar-refractivity contribution in [1.29, 1.82) is 0 Å². The molecule has 2 heterocycles. The maximum Gasteiger partial charge on any atom is 0.262 e. The zero-order valence-corrected chi connectivity index (χ0v) is 10.7. The molecule has 92 valence electrons. The summed E-state index contributed by atoms with van der Waals surface area (Å²) < 4.78 is 0.545. The Balaban J connectivity index is 2.27. The van der Waals surface area contributed by atoms with E-state index in [1.807, 2.05) is 0 Å². The Labute approximate surface area is 110 Å². The van der Waals surface area contributed by atoms with Gasteiger partial charge in [-0.3, -0.25) is 9.59 Å². The highest BCUT2D eigenvalue weighted by molar-refractivity contribution is 9.10. The van der Waals surface area contributed by atoms with Gasteiger partial charge in [0.1, 0.15) is 11.4 Å². The van der Waals surface area contributed by atoms with Gasteiger partial charge in [-0.15, -0.1) is 0 Å². The summed E-state index contributed by atoms with van der Waals surface area (Å²) in [6.07, 6.45) is 4.20. The largest absolute Gasteiger partial charge is 0.397 e. The number of halogens is 1. The van der Waals surface area contributed by atoms with E-state index in [-0.39, 0.29) is 11.0 Å². The third kappa shape index (κ3) is 2.57. The summed E-state index contributed by atoms with van der Waals surface area (Å²) in [7, 11) is 0. The van der Waals surface area contributed by atoms with Gasteiger partial charge in [0.05, 0.1) is 16.4 Å². The summed E-state index contributed by atoms with van der Waals surface area (Å²) in [4.78, 5) is 29.9. The Morgan fingerprint density at radius 2 is 2.28 bits per heavy atom. The topological polar surface area (TPSA) is 101 Å². The number of carbonyl (C=O) groups excluding carboxylic acids is 1. The zero-order valence-electron chi connectivity index (χ0n) is 9.11. The number of hydrogen-bond donors (Lipinski definition) is 3. The molecule has 0 saturated carbocycles. The molecule has 4 N–H and O–H groups in total. The highest BCUT2D eigenvalue weighted by Gasteiger charge is 2.12. The van der Waals surface area contributed by atoms with E-state index < -0.39 is 5.91 Å². The van der Waals surface area contributed by atoms with Gasteiger partial charge in [-0.1, -0.05) is 0 Å². The van der Waals surface area contributed by atoms with Crippen LogP contribution in [0.4, 0.5) is 11.5 Å². The van der Waals surface area contributed by atoms with Crippen LogP contribution in [-0.2, 0) is 0 Å². The van der Waals surface area contributed by atoms with E-state index in [9.17, 15) is 9.59 Å². The molecule has 2 aromatic heterocycles. The molecule has 1 amide bonds. The van der Waals surface area contributed by atoms with Crippen molar-refractivity contribution in [2.75, 3.05) is 11.1 Å². The van der Waals surface area contributed by atoms with Gasteiger partial charge < -0.3 is 16.0 Å². The fourth-order valence-electron chi connectivity index (χ4n) is 1.31. The van der Waals surface area contributed by atoms with Crippen LogP contribution in [0.2, 0.25) is 0 Å². The number of nitrogens with two attached hydrogens (primary N) is 1. The highest BCUT2D eigenvalue weighted by atomic mass is 79.9. The number of hydrogen-bond acceptors (Lipinski definition) is 4. The second kappa shape index (κ2) is 5.01. The molecule has 0 spiro atoms. The monoisotopic (exact) mass is 308 g/mol. The van der Waals surface area contributed by atoms with E-state index in [0.717, 1.165) is 0 Å². The molecule has 0 aromatic carbocycles. The van der Waals surface area contributed by atoms with Crippen LogP contribution in [0.5, 0.6) is 0 Å². The first-order chi connectivity index (χ1) is 8.58. The van der Waals surface area contributed by atoms with Crippen LogP contribution >= 0.6 is 15.9 Å². The first-order valence-electron chi connectivity index (χ1n) is 4.97. The van der Waals surface area contributed by atoms with Gasteiger partial charge in [-0.2, -0.15) is 0 Å². The average molecular weight is 309 g/mol. The summed E-state index contributed by atoms with van der Waals surface area (Å²) in [6, 6.07) is 2.89. The number of nitrogens with one attached hydrogen (secondary N) is 2. The van der Waals surface area contributed by atoms with Crippen molar-refractivity contribution in [3.05, 3.63) is 51.0 Å². The highest BCUT2D eigenvalue weighted by Crippen LogP contribution is 2.21. The Bertz CT molecular complexity index is 653. The van der Waals surface area contributed by atoms with Crippen LogP contribution in [0.25, 0.3) is 0 Å². The van der Waals surface area contributed by atoms with Crippen molar-refractivity contribution in [3.8, 4) is 0 Å². The minimum Gasteiger partial charge on any atom is -0.397 e. The Morgan fingerprint density at radius 3 is 2.94 bits per heavy atom. The first-order valence-corrected chi connectivity index (χ1v) is 5.76. The predicted molar refractivity (Wildman–Crippen MR) is 71.4 cm³/mol. The van der Waals surface area contributed by atoms with Crippen molar-refractivity contribution in [2.24, 2.45) is 0 Å². The lowest BCUT2D eigenvalue weighted by Gasteiger charge is -2.06. The molecule has 0 aliphatic carbocycles.